The van der Waals surface area contributed by atoms with Crippen LogP contribution >= 0.6 is 23.2 Å². The number of nitrogens with one attached hydrogen (secondary N) is 1. The standard InChI is InChI=1S/C28H33Cl2N3O2/c1-32-19-24(23-18-22(34)7-9-27(23)32)21-11-15-33(16-12-21)14-4-2-3-13-31-28(35)10-6-20-5-8-25(29)26(30)17-20/h5-10,17-19,21,34H,2-4,11-16H2,1H3,(H,31,35)/b10-6+. The Bertz CT molecular complexity index is 1200. The van der Waals surface area contributed by atoms with E-state index in [-0.39, 0.29) is 5.91 Å². The first-order valence-electron chi connectivity index (χ1n) is 12.3. The summed E-state index contributed by atoms with van der Waals surface area (Å²) in [7, 11) is 2.08. The van der Waals surface area contributed by atoms with Gasteiger partial charge in [0, 0.05) is 36.8 Å². The van der Waals surface area contributed by atoms with Crippen LogP contribution in [-0.4, -0.2) is 46.7 Å². The zero-order valence-electron chi connectivity index (χ0n) is 20.1. The predicted octanol–water partition coefficient (Wildman–Crippen LogP) is 6.37. The van der Waals surface area contributed by atoms with Crippen LogP contribution in [0.2, 0.25) is 10.0 Å². The van der Waals surface area contributed by atoms with E-state index in [1.807, 2.05) is 18.2 Å². The molecule has 4 rings (SSSR count). The number of halogens is 2. The molecule has 1 saturated heterocycles. The van der Waals surface area contributed by atoms with E-state index in [4.69, 9.17) is 23.2 Å². The van der Waals surface area contributed by atoms with Crippen LogP contribution in [0.4, 0.5) is 0 Å². The molecule has 2 heterocycles. The van der Waals surface area contributed by atoms with Crippen LogP contribution in [0.3, 0.4) is 0 Å². The number of likely N-dealkylation sites (tertiary alicyclic amines) is 1. The Kier molecular flexibility index (Phi) is 8.77. The highest BCUT2D eigenvalue weighted by atomic mass is 35.5. The molecule has 0 radical (unpaired) electrons. The maximum Gasteiger partial charge on any atom is 0.243 e. The molecule has 186 valence electrons. The third-order valence-electron chi connectivity index (χ3n) is 6.85. The second-order valence-electron chi connectivity index (χ2n) is 9.37. The van der Waals surface area contributed by atoms with Gasteiger partial charge in [0.25, 0.3) is 0 Å². The fourth-order valence-corrected chi connectivity index (χ4v) is 5.21. The average molecular weight is 514 g/mol. The van der Waals surface area contributed by atoms with Crippen molar-refractivity contribution in [3.8, 4) is 5.75 Å². The molecule has 1 fully saturated rings. The average Bonchev–Trinajstić information content (AvgIpc) is 3.17. The molecule has 0 atom stereocenters. The summed E-state index contributed by atoms with van der Waals surface area (Å²) in [4.78, 5) is 14.6. The third kappa shape index (κ3) is 6.81. The van der Waals surface area contributed by atoms with E-state index in [0.29, 0.717) is 28.3 Å². The molecule has 5 nitrogen and oxygen atoms in total. The number of aromatic hydroxyl groups is 1. The summed E-state index contributed by atoms with van der Waals surface area (Å²) in [6.07, 6.45) is 11.0. The van der Waals surface area contributed by atoms with E-state index in [1.165, 1.54) is 22.5 Å². The number of hydrogen-bond acceptors (Lipinski definition) is 3. The summed E-state index contributed by atoms with van der Waals surface area (Å²) >= 11 is 11.9. The molecule has 1 amide bonds. The number of piperidine rings is 1. The van der Waals surface area contributed by atoms with Crippen molar-refractivity contribution in [1.82, 2.24) is 14.8 Å². The van der Waals surface area contributed by atoms with Crippen molar-refractivity contribution < 1.29 is 9.90 Å². The van der Waals surface area contributed by atoms with Gasteiger partial charge in [-0.25, -0.2) is 0 Å². The highest BCUT2D eigenvalue weighted by Gasteiger charge is 2.23. The molecule has 1 aliphatic heterocycles. The van der Waals surface area contributed by atoms with Crippen molar-refractivity contribution in [1.29, 1.82) is 0 Å². The van der Waals surface area contributed by atoms with Crippen molar-refractivity contribution in [2.45, 2.75) is 38.0 Å². The number of rotatable bonds is 9. The normalized spacial score (nSPS) is 15.3. The number of unbranched alkanes of at least 4 members (excludes halogenated alkanes) is 2. The van der Waals surface area contributed by atoms with Gasteiger partial charge in [-0.2, -0.15) is 0 Å². The molecule has 35 heavy (non-hydrogen) atoms. The number of phenols is 1. The Morgan fingerprint density at radius 3 is 2.66 bits per heavy atom. The Morgan fingerprint density at radius 1 is 1.09 bits per heavy atom. The van der Waals surface area contributed by atoms with E-state index < -0.39 is 0 Å². The number of nitrogens with zero attached hydrogens (tertiary/aromatic N) is 2. The summed E-state index contributed by atoms with van der Waals surface area (Å²) < 4.78 is 2.17. The Morgan fingerprint density at radius 2 is 1.89 bits per heavy atom. The topological polar surface area (TPSA) is 57.5 Å². The lowest BCUT2D eigenvalue weighted by Gasteiger charge is -2.32. The van der Waals surface area contributed by atoms with E-state index in [1.54, 1.807) is 24.3 Å². The molecular weight excluding hydrogens is 481 g/mol. The van der Waals surface area contributed by atoms with E-state index in [0.717, 1.165) is 57.3 Å². The van der Waals surface area contributed by atoms with Gasteiger partial charge in [0.2, 0.25) is 5.91 Å². The molecule has 0 aliphatic carbocycles. The number of carbonyl (C=O) groups is 1. The minimum atomic E-state index is -0.0973. The number of amides is 1. The van der Waals surface area contributed by atoms with E-state index >= 15 is 0 Å². The molecule has 2 aromatic carbocycles. The predicted molar refractivity (Wildman–Crippen MR) is 145 cm³/mol. The van der Waals surface area contributed by atoms with Gasteiger partial charge in [0.1, 0.15) is 5.75 Å². The first kappa shape index (κ1) is 25.6. The monoisotopic (exact) mass is 513 g/mol. The molecule has 2 N–H and O–H groups in total. The maximum absolute atomic E-state index is 12.0. The molecule has 0 unspecified atom stereocenters. The van der Waals surface area contributed by atoms with Crippen molar-refractivity contribution in [3.63, 3.8) is 0 Å². The van der Waals surface area contributed by atoms with Crippen molar-refractivity contribution in [3.05, 3.63) is 69.8 Å². The highest BCUT2D eigenvalue weighted by Crippen LogP contribution is 2.35. The first-order chi connectivity index (χ1) is 16.9. The number of phenolic OH excluding ortho intramolecular Hbond substituents is 1. The molecule has 1 aromatic heterocycles. The maximum atomic E-state index is 12.0. The summed E-state index contributed by atoms with van der Waals surface area (Å²) in [5.41, 5.74) is 3.39. The van der Waals surface area contributed by atoms with Gasteiger partial charge in [0.15, 0.2) is 0 Å². The van der Waals surface area contributed by atoms with Gasteiger partial charge in [0.05, 0.1) is 10.0 Å². The summed E-state index contributed by atoms with van der Waals surface area (Å²) in [6, 6.07) is 10.9. The van der Waals surface area contributed by atoms with Gasteiger partial charge in [-0.05, 0) is 98.8 Å². The van der Waals surface area contributed by atoms with E-state index in [9.17, 15) is 9.90 Å². The zero-order chi connectivity index (χ0) is 24.8. The fraction of sp³-hybridized carbons (Fsp3) is 0.393. The zero-order valence-corrected chi connectivity index (χ0v) is 21.7. The van der Waals surface area contributed by atoms with Gasteiger partial charge < -0.3 is 19.9 Å². The molecule has 3 aromatic rings. The largest absolute Gasteiger partial charge is 0.508 e. The Balaban J connectivity index is 1.12. The number of hydrogen-bond donors (Lipinski definition) is 2. The van der Waals surface area contributed by atoms with Crippen LogP contribution < -0.4 is 5.32 Å². The number of aryl methyl sites for hydroxylation is 1. The van der Waals surface area contributed by atoms with Crippen LogP contribution in [0, 0.1) is 0 Å². The molecule has 0 spiro atoms. The summed E-state index contributed by atoms with van der Waals surface area (Å²) in [5.74, 6) is 0.782. The second kappa shape index (κ2) is 12.0. The number of carbonyl (C=O) groups excluding carboxylic acids is 1. The summed E-state index contributed by atoms with van der Waals surface area (Å²) in [5, 5.41) is 15.0. The second-order valence-corrected chi connectivity index (χ2v) is 10.2. The van der Waals surface area contributed by atoms with Crippen molar-refractivity contribution in [2.24, 2.45) is 7.05 Å². The molecule has 0 saturated carbocycles. The lowest BCUT2D eigenvalue weighted by molar-refractivity contribution is -0.116. The third-order valence-corrected chi connectivity index (χ3v) is 7.59. The molecular formula is C28H33Cl2N3O2. The number of aromatic nitrogens is 1. The van der Waals surface area contributed by atoms with Gasteiger partial charge in [-0.15, -0.1) is 0 Å². The van der Waals surface area contributed by atoms with Gasteiger partial charge in [-0.1, -0.05) is 35.7 Å². The number of benzene rings is 2. The van der Waals surface area contributed by atoms with Crippen molar-refractivity contribution >= 4 is 46.1 Å². The SMILES string of the molecule is Cn1cc(C2CCN(CCCCCNC(=O)/C=C/c3ccc(Cl)c(Cl)c3)CC2)c2cc(O)ccc21. The Hall–Kier alpha value is -2.47. The van der Waals surface area contributed by atoms with Gasteiger partial charge >= 0.3 is 0 Å². The van der Waals surface area contributed by atoms with Crippen molar-refractivity contribution in [2.75, 3.05) is 26.2 Å². The van der Waals surface area contributed by atoms with Crippen LogP contribution in [0.25, 0.3) is 17.0 Å². The lowest BCUT2D eigenvalue weighted by Crippen LogP contribution is -2.33. The van der Waals surface area contributed by atoms with Crippen LogP contribution in [0.5, 0.6) is 5.75 Å². The van der Waals surface area contributed by atoms with Crippen LogP contribution in [-0.2, 0) is 11.8 Å². The lowest BCUT2D eigenvalue weighted by atomic mass is 9.89. The molecule has 0 bridgehead atoms. The summed E-state index contributed by atoms with van der Waals surface area (Å²) in [6.45, 7) is 4.00. The minimum Gasteiger partial charge on any atom is -0.508 e. The van der Waals surface area contributed by atoms with E-state index in [2.05, 4.69) is 28.0 Å². The quantitative estimate of drug-likeness (QED) is 0.258. The highest BCUT2D eigenvalue weighted by molar-refractivity contribution is 6.42. The van der Waals surface area contributed by atoms with Crippen LogP contribution in [0.15, 0.2) is 48.7 Å². The smallest absolute Gasteiger partial charge is 0.243 e. The minimum absolute atomic E-state index is 0.0973. The van der Waals surface area contributed by atoms with Gasteiger partial charge in [-0.3, -0.25) is 4.79 Å². The molecule has 7 heteroatoms. The molecule has 1 aliphatic rings. The first-order valence-corrected chi connectivity index (χ1v) is 13.1. The van der Waals surface area contributed by atoms with Crippen LogP contribution in [0.1, 0.15) is 49.1 Å². The fourth-order valence-electron chi connectivity index (χ4n) is 4.90. The Labute approximate surface area is 217 Å². The number of fused-ring (bicyclic) bond motifs is 1.